The summed E-state index contributed by atoms with van der Waals surface area (Å²) in [6, 6.07) is 1.76. The van der Waals surface area contributed by atoms with E-state index in [9.17, 15) is 8.42 Å². The van der Waals surface area contributed by atoms with E-state index in [0.29, 0.717) is 17.6 Å². The average Bonchev–Trinajstić information content (AvgIpc) is 2.95. The number of aliphatic imine (C=N–C) groups is 1. The van der Waals surface area contributed by atoms with Crippen LogP contribution in [-0.2, 0) is 15.8 Å². The summed E-state index contributed by atoms with van der Waals surface area (Å²) in [5.74, 6) is 0.824. The van der Waals surface area contributed by atoms with Crippen LogP contribution in [0.4, 0.5) is 0 Å². The van der Waals surface area contributed by atoms with Crippen LogP contribution < -0.4 is 15.8 Å². The van der Waals surface area contributed by atoms with Crippen LogP contribution in [0.2, 0.25) is 0 Å². The lowest BCUT2D eigenvalue weighted by Crippen LogP contribution is -2.39. The first-order valence-corrected chi connectivity index (χ1v) is 9.87. The molecule has 0 bridgehead atoms. The quantitative estimate of drug-likeness (QED) is 0.190. The van der Waals surface area contributed by atoms with Crippen molar-refractivity contribution in [1.29, 1.82) is 0 Å². The van der Waals surface area contributed by atoms with Gasteiger partial charge in [0.05, 0.1) is 12.2 Å². The smallest absolute Gasteiger partial charge is 0.217 e. The molecule has 25 heavy (non-hydrogen) atoms. The third-order valence-electron chi connectivity index (χ3n) is 3.36. The molecule has 0 fully saturated rings. The molecule has 1 heterocycles. The maximum atomic E-state index is 11.8. The Labute approximate surface area is 167 Å². The first kappa shape index (κ1) is 24.1. The van der Waals surface area contributed by atoms with E-state index in [1.165, 1.54) is 18.8 Å². The zero-order valence-corrected chi connectivity index (χ0v) is 18.2. The summed E-state index contributed by atoms with van der Waals surface area (Å²) in [6.45, 7) is 6.93. The molecule has 0 saturated heterocycles. The van der Waals surface area contributed by atoms with Gasteiger partial charge >= 0.3 is 0 Å². The number of sulfonamides is 1. The van der Waals surface area contributed by atoms with Crippen molar-refractivity contribution in [2.45, 2.75) is 51.8 Å². The number of nitrogens with two attached hydrogens (primary N) is 1. The Bertz CT molecular complexity index is 590. The van der Waals surface area contributed by atoms with Crippen molar-refractivity contribution in [3.8, 4) is 0 Å². The summed E-state index contributed by atoms with van der Waals surface area (Å²) in [4.78, 5) is 4.13. The van der Waals surface area contributed by atoms with Crippen LogP contribution in [0.1, 0.15) is 45.7 Å². The molecule has 1 aromatic heterocycles. The molecule has 1 rings (SSSR count). The minimum atomic E-state index is -3.45. The maximum Gasteiger partial charge on any atom is 0.217 e. The van der Waals surface area contributed by atoms with Crippen LogP contribution in [0.5, 0.6) is 0 Å². The highest BCUT2D eigenvalue weighted by Crippen LogP contribution is 2.08. The van der Waals surface area contributed by atoms with Gasteiger partial charge in [-0.25, -0.2) is 13.1 Å². The lowest BCUT2D eigenvalue weighted by atomic mass is 10.0. The minimum Gasteiger partial charge on any atom is -0.370 e. The fourth-order valence-electron chi connectivity index (χ4n) is 2.14. The Morgan fingerprint density at radius 2 is 2.08 bits per heavy atom. The Balaban J connectivity index is 0.00000576. The van der Waals surface area contributed by atoms with Crippen molar-refractivity contribution in [2.24, 2.45) is 16.6 Å². The van der Waals surface area contributed by atoms with Crippen molar-refractivity contribution in [3.63, 3.8) is 0 Å². The Morgan fingerprint density at radius 3 is 2.68 bits per heavy atom. The Morgan fingerprint density at radius 1 is 1.36 bits per heavy atom. The normalized spacial score (nSPS) is 13.5. The highest BCUT2D eigenvalue weighted by molar-refractivity contribution is 14.0. The molecule has 1 unspecified atom stereocenters. The van der Waals surface area contributed by atoms with Crippen molar-refractivity contribution < 1.29 is 12.9 Å². The molecule has 0 aliphatic rings. The minimum absolute atomic E-state index is 0. The third-order valence-corrected chi connectivity index (χ3v) is 4.68. The van der Waals surface area contributed by atoms with Gasteiger partial charge in [0.25, 0.3) is 0 Å². The second kappa shape index (κ2) is 12.5. The van der Waals surface area contributed by atoms with E-state index in [1.807, 2.05) is 0 Å². The lowest BCUT2D eigenvalue weighted by Gasteiger charge is -2.15. The molecule has 0 aliphatic carbocycles. The van der Waals surface area contributed by atoms with Crippen molar-refractivity contribution in [1.82, 2.24) is 15.2 Å². The molecule has 0 radical (unpaired) electrons. The van der Waals surface area contributed by atoms with Crippen molar-refractivity contribution in [2.75, 3.05) is 13.1 Å². The summed E-state index contributed by atoms with van der Waals surface area (Å²) < 4.78 is 30.7. The number of halogens is 1. The molecule has 0 amide bonds. The van der Waals surface area contributed by atoms with Crippen molar-refractivity contribution in [3.05, 3.63) is 18.0 Å². The first-order valence-electron chi connectivity index (χ1n) is 8.21. The molecule has 1 aromatic rings. The Hall–Kier alpha value is -0.880. The van der Waals surface area contributed by atoms with Gasteiger partial charge < -0.3 is 15.6 Å². The van der Waals surface area contributed by atoms with Crippen molar-refractivity contribution >= 4 is 40.0 Å². The van der Waals surface area contributed by atoms with Gasteiger partial charge in [-0.05, 0) is 19.3 Å². The predicted octanol–water partition coefficient (Wildman–Crippen LogP) is 1.83. The summed E-state index contributed by atoms with van der Waals surface area (Å²) in [5.41, 5.74) is 6.17. The van der Waals surface area contributed by atoms with Crippen LogP contribution in [0.3, 0.4) is 0 Å². The molecule has 4 N–H and O–H groups in total. The largest absolute Gasteiger partial charge is 0.370 e. The molecule has 1 atom stereocenters. The monoisotopic (exact) mass is 487 g/mol. The summed E-state index contributed by atoms with van der Waals surface area (Å²) >= 11 is 0. The first-order chi connectivity index (χ1) is 11.3. The van der Waals surface area contributed by atoms with E-state index in [4.69, 9.17) is 5.73 Å². The van der Waals surface area contributed by atoms with E-state index in [2.05, 4.69) is 45.5 Å². The Kier molecular flexibility index (Phi) is 12.0. The zero-order chi connectivity index (χ0) is 18.0. The number of rotatable bonds is 11. The molecule has 0 spiro atoms. The van der Waals surface area contributed by atoms with E-state index in [1.54, 1.807) is 0 Å². The van der Waals surface area contributed by atoms with E-state index in [0.717, 1.165) is 12.8 Å². The van der Waals surface area contributed by atoms with Gasteiger partial charge in [-0.3, -0.25) is 4.99 Å². The molecule has 146 valence electrons. The van der Waals surface area contributed by atoms with E-state index in [-0.39, 0.29) is 48.9 Å². The van der Waals surface area contributed by atoms with Crippen LogP contribution in [0.25, 0.3) is 0 Å². The standard InChI is InChI=1S/C15H29N5O3S.HI/c1-12(2)5-4-6-13(3)19-15(16)17-8-9-18-24(21,22)11-14-7-10-23-20-14;/h7,10,12-13,18H,4-6,8-9,11H2,1-3H3,(H3,16,17,19);1H. The molecule has 0 aromatic carbocycles. The molecular formula is C15H30IN5O3S. The van der Waals surface area contributed by atoms with Gasteiger partial charge in [0.2, 0.25) is 10.0 Å². The highest BCUT2D eigenvalue weighted by Gasteiger charge is 2.12. The number of nitrogens with one attached hydrogen (secondary N) is 2. The number of aromatic nitrogens is 1. The van der Waals surface area contributed by atoms with Crippen LogP contribution >= 0.6 is 24.0 Å². The second-order valence-electron chi connectivity index (χ2n) is 6.28. The van der Waals surface area contributed by atoms with E-state index < -0.39 is 10.0 Å². The lowest BCUT2D eigenvalue weighted by molar-refractivity contribution is 0.413. The van der Waals surface area contributed by atoms with E-state index >= 15 is 0 Å². The topological polar surface area (TPSA) is 123 Å². The highest BCUT2D eigenvalue weighted by atomic mass is 127. The molecule has 0 saturated carbocycles. The number of guanidine groups is 1. The van der Waals surface area contributed by atoms with Gasteiger partial charge in [0, 0.05) is 18.7 Å². The fraction of sp³-hybridized carbons (Fsp3) is 0.733. The molecule has 0 aliphatic heterocycles. The fourth-order valence-corrected chi connectivity index (χ4v) is 3.18. The van der Waals surface area contributed by atoms with Crippen LogP contribution in [0.15, 0.2) is 21.8 Å². The average molecular weight is 487 g/mol. The maximum absolute atomic E-state index is 11.8. The van der Waals surface area contributed by atoms with Gasteiger partial charge in [-0.15, -0.1) is 24.0 Å². The molecule has 8 nitrogen and oxygen atoms in total. The summed E-state index contributed by atoms with van der Waals surface area (Å²) in [5, 5.41) is 6.69. The van der Waals surface area contributed by atoms with Crippen LogP contribution in [0, 0.1) is 5.92 Å². The number of nitrogens with zero attached hydrogens (tertiary/aromatic N) is 2. The number of hydrogen-bond donors (Lipinski definition) is 3. The number of hydrogen-bond acceptors (Lipinski definition) is 5. The predicted molar refractivity (Wildman–Crippen MR) is 110 cm³/mol. The third kappa shape index (κ3) is 12.2. The molecular weight excluding hydrogens is 457 g/mol. The van der Waals surface area contributed by atoms with Gasteiger partial charge in [0.15, 0.2) is 5.96 Å². The van der Waals surface area contributed by atoms with Gasteiger partial charge in [0.1, 0.15) is 12.0 Å². The molecule has 10 heteroatoms. The van der Waals surface area contributed by atoms with Gasteiger partial charge in [-0.1, -0.05) is 31.8 Å². The summed E-state index contributed by atoms with van der Waals surface area (Å²) in [6.07, 6.45) is 4.69. The summed E-state index contributed by atoms with van der Waals surface area (Å²) in [7, 11) is -3.45. The SMILES string of the molecule is CC(C)CCCC(C)NC(N)=NCCNS(=O)(=O)Cc1ccon1.I. The van der Waals surface area contributed by atoms with Gasteiger partial charge in [-0.2, -0.15) is 0 Å². The second-order valence-corrected chi connectivity index (χ2v) is 8.09. The van der Waals surface area contributed by atoms with Crippen LogP contribution in [-0.4, -0.2) is 38.7 Å². The zero-order valence-electron chi connectivity index (χ0n) is 15.1.